The Morgan fingerprint density at radius 2 is 2.10 bits per heavy atom. The third-order valence-corrected chi connectivity index (χ3v) is 5.79. The number of aliphatic hydroxyl groups excluding tert-OH is 1. The Kier molecular flexibility index (Phi) is 4.82. The first-order chi connectivity index (χ1) is 9.87. The molecule has 1 aliphatic carbocycles. The third-order valence-electron chi connectivity index (χ3n) is 3.52. The molecule has 2 rings (SSSR count). The van der Waals surface area contributed by atoms with Gasteiger partial charge in [0.15, 0.2) is 0 Å². The van der Waals surface area contributed by atoms with Crippen LogP contribution in [-0.4, -0.2) is 41.9 Å². The molecular weight excluding hydrogens is 320 g/mol. The largest absolute Gasteiger partial charge is 0.395 e. The zero-order valence-corrected chi connectivity index (χ0v) is 12.7. The maximum absolute atomic E-state index is 12.6. The molecule has 0 heterocycles. The van der Waals surface area contributed by atoms with Crippen molar-refractivity contribution in [2.24, 2.45) is 0 Å². The second kappa shape index (κ2) is 6.27. The molecule has 0 radical (unpaired) electrons. The fourth-order valence-corrected chi connectivity index (χ4v) is 4.08. The van der Waals surface area contributed by atoms with Gasteiger partial charge in [0.1, 0.15) is 5.02 Å². The van der Waals surface area contributed by atoms with Crippen molar-refractivity contribution in [1.29, 1.82) is 0 Å². The second-order valence-electron chi connectivity index (χ2n) is 4.79. The van der Waals surface area contributed by atoms with E-state index in [1.54, 1.807) is 0 Å². The molecule has 0 spiro atoms. The Hall–Kier alpha value is -1.22. The van der Waals surface area contributed by atoms with E-state index in [1.807, 2.05) is 0 Å². The number of nitro groups is 1. The van der Waals surface area contributed by atoms with Crippen molar-refractivity contribution < 1.29 is 18.4 Å². The van der Waals surface area contributed by atoms with Crippen LogP contribution in [0.4, 0.5) is 5.69 Å². The first-order valence-electron chi connectivity index (χ1n) is 6.44. The van der Waals surface area contributed by atoms with Crippen molar-refractivity contribution in [2.75, 3.05) is 13.2 Å². The average molecular weight is 335 g/mol. The Balaban J connectivity index is 2.41. The lowest BCUT2D eigenvalue weighted by Gasteiger charge is -2.36. The number of nitrogens with zero attached hydrogens (tertiary/aromatic N) is 2. The molecule has 0 amide bonds. The van der Waals surface area contributed by atoms with Gasteiger partial charge in [0.05, 0.1) is 16.4 Å². The van der Waals surface area contributed by atoms with Gasteiger partial charge in [-0.3, -0.25) is 10.1 Å². The molecule has 0 bridgehead atoms. The fraction of sp³-hybridized carbons (Fsp3) is 0.500. The first-order valence-corrected chi connectivity index (χ1v) is 8.26. The molecule has 1 N–H and O–H groups in total. The van der Waals surface area contributed by atoms with Gasteiger partial charge in [0.25, 0.3) is 5.69 Å². The molecule has 1 aromatic rings. The van der Waals surface area contributed by atoms with E-state index in [2.05, 4.69) is 0 Å². The lowest BCUT2D eigenvalue weighted by atomic mass is 9.93. The minimum Gasteiger partial charge on any atom is -0.395 e. The average Bonchev–Trinajstić information content (AvgIpc) is 2.36. The van der Waals surface area contributed by atoms with Crippen LogP contribution in [0.1, 0.15) is 19.3 Å². The molecular formula is C12H15ClN2O5S. The number of halogens is 1. The van der Waals surface area contributed by atoms with Crippen LogP contribution in [0.15, 0.2) is 23.1 Å². The molecule has 0 aliphatic heterocycles. The normalized spacial score (nSPS) is 16.0. The number of hydrogen-bond acceptors (Lipinski definition) is 5. The summed E-state index contributed by atoms with van der Waals surface area (Å²) < 4.78 is 26.4. The molecule has 7 nitrogen and oxygen atoms in total. The van der Waals surface area contributed by atoms with Gasteiger partial charge in [-0.05, 0) is 25.0 Å². The van der Waals surface area contributed by atoms with E-state index in [4.69, 9.17) is 16.7 Å². The topological polar surface area (TPSA) is 101 Å². The molecule has 0 aromatic heterocycles. The van der Waals surface area contributed by atoms with Crippen LogP contribution in [0.25, 0.3) is 0 Å². The summed E-state index contributed by atoms with van der Waals surface area (Å²) in [6.45, 7) is -0.325. The summed E-state index contributed by atoms with van der Waals surface area (Å²) in [7, 11) is -3.89. The number of sulfonamides is 1. The maximum Gasteiger partial charge on any atom is 0.289 e. The third kappa shape index (κ3) is 3.18. The van der Waals surface area contributed by atoms with Gasteiger partial charge < -0.3 is 5.11 Å². The molecule has 1 fully saturated rings. The van der Waals surface area contributed by atoms with E-state index in [0.717, 1.165) is 25.3 Å². The Morgan fingerprint density at radius 1 is 1.43 bits per heavy atom. The smallest absolute Gasteiger partial charge is 0.289 e. The van der Waals surface area contributed by atoms with E-state index in [0.29, 0.717) is 0 Å². The summed E-state index contributed by atoms with van der Waals surface area (Å²) in [5.74, 6) is 0. The van der Waals surface area contributed by atoms with E-state index in [9.17, 15) is 18.5 Å². The van der Waals surface area contributed by atoms with Crippen LogP contribution in [0.2, 0.25) is 5.02 Å². The molecule has 9 heteroatoms. The Morgan fingerprint density at radius 3 is 2.57 bits per heavy atom. The number of nitro benzene ring substituents is 1. The van der Waals surface area contributed by atoms with Crippen LogP contribution in [0.3, 0.4) is 0 Å². The van der Waals surface area contributed by atoms with Crippen LogP contribution in [-0.2, 0) is 10.0 Å². The monoisotopic (exact) mass is 334 g/mol. The lowest BCUT2D eigenvalue weighted by molar-refractivity contribution is -0.384. The standard InChI is InChI=1S/C12H15ClN2O5S/c13-11-5-4-10(8-12(11)15(17)18)21(19,20)14(6-7-16)9-2-1-3-9/h4-5,8-9,16H,1-3,6-7H2. The summed E-state index contributed by atoms with van der Waals surface area (Å²) in [5, 5.41) is 19.8. The van der Waals surface area contributed by atoms with Gasteiger partial charge in [-0.15, -0.1) is 0 Å². The minimum atomic E-state index is -3.89. The highest BCUT2D eigenvalue weighted by molar-refractivity contribution is 7.89. The van der Waals surface area contributed by atoms with E-state index in [1.165, 1.54) is 16.4 Å². The van der Waals surface area contributed by atoms with E-state index >= 15 is 0 Å². The van der Waals surface area contributed by atoms with Gasteiger partial charge in [-0.1, -0.05) is 18.0 Å². The fourth-order valence-electron chi connectivity index (χ4n) is 2.20. The van der Waals surface area contributed by atoms with Crippen LogP contribution < -0.4 is 0 Å². The van der Waals surface area contributed by atoms with Crippen molar-refractivity contribution in [2.45, 2.75) is 30.2 Å². The highest BCUT2D eigenvalue weighted by atomic mass is 35.5. The number of aliphatic hydroxyl groups is 1. The van der Waals surface area contributed by atoms with Crippen LogP contribution >= 0.6 is 11.6 Å². The maximum atomic E-state index is 12.6. The molecule has 0 saturated heterocycles. The number of rotatable bonds is 6. The summed E-state index contributed by atoms with van der Waals surface area (Å²) in [5.41, 5.74) is -0.449. The summed E-state index contributed by atoms with van der Waals surface area (Å²) >= 11 is 5.69. The SMILES string of the molecule is O=[N+]([O-])c1cc(S(=O)(=O)N(CCO)C2CCC2)ccc1Cl. The molecule has 21 heavy (non-hydrogen) atoms. The molecule has 1 aliphatic rings. The molecule has 1 aromatic carbocycles. The highest BCUT2D eigenvalue weighted by Gasteiger charge is 2.35. The van der Waals surface area contributed by atoms with Crippen molar-refractivity contribution in [3.63, 3.8) is 0 Å². The van der Waals surface area contributed by atoms with Gasteiger partial charge in [0.2, 0.25) is 10.0 Å². The van der Waals surface area contributed by atoms with E-state index < -0.39 is 20.6 Å². The van der Waals surface area contributed by atoms with Crippen LogP contribution in [0.5, 0.6) is 0 Å². The molecule has 0 atom stereocenters. The van der Waals surface area contributed by atoms with Crippen molar-refractivity contribution in [3.05, 3.63) is 33.3 Å². The summed E-state index contributed by atoms with van der Waals surface area (Å²) in [4.78, 5) is 9.97. The lowest BCUT2D eigenvalue weighted by Crippen LogP contribution is -2.45. The van der Waals surface area contributed by atoms with Gasteiger partial charge in [-0.25, -0.2) is 8.42 Å². The van der Waals surface area contributed by atoms with Gasteiger partial charge in [0, 0.05) is 18.7 Å². The van der Waals surface area contributed by atoms with Crippen molar-refractivity contribution in [3.8, 4) is 0 Å². The zero-order chi connectivity index (χ0) is 15.6. The predicted octanol–water partition coefficient (Wildman–Crippen LogP) is 1.78. The summed E-state index contributed by atoms with van der Waals surface area (Å²) in [6.07, 6.45) is 2.40. The molecule has 116 valence electrons. The van der Waals surface area contributed by atoms with Gasteiger partial charge in [-0.2, -0.15) is 4.31 Å². The first kappa shape index (κ1) is 16.2. The second-order valence-corrected chi connectivity index (χ2v) is 7.09. The highest BCUT2D eigenvalue weighted by Crippen LogP contribution is 2.32. The summed E-state index contributed by atoms with van der Waals surface area (Å²) in [6, 6.07) is 3.25. The van der Waals surface area contributed by atoms with Gasteiger partial charge >= 0.3 is 0 Å². The predicted molar refractivity (Wildman–Crippen MR) is 76.7 cm³/mol. The van der Waals surface area contributed by atoms with Crippen molar-refractivity contribution in [1.82, 2.24) is 4.31 Å². The Labute approximate surface area is 127 Å². The number of benzene rings is 1. The van der Waals surface area contributed by atoms with E-state index in [-0.39, 0.29) is 29.1 Å². The Bertz CT molecular complexity index is 645. The molecule has 0 unspecified atom stereocenters. The zero-order valence-electron chi connectivity index (χ0n) is 11.1. The minimum absolute atomic E-state index is 0.0244. The molecule has 1 saturated carbocycles. The number of hydrogen-bond donors (Lipinski definition) is 1. The van der Waals surface area contributed by atoms with Crippen molar-refractivity contribution >= 4 is 27.3 Å². The quantitative estimate of drug-likeness (QED) is 0.631. The van der Waals surface area contributed by atoms with Crippen LogP contribution in [0, 0.1) is 10.1 Å².